The highest BCUT2D eigenvalue weighted by atomic mass is 16.1. The van der Waals surface area contributed by atoms with E-state index in [2.05, 4.69) is 0 Å². The summed E-state index contributed by atoms with van der Waals surface area (Å²) < 4.78 is 0. The lowest BCUT2D eigenvalue weighted by Gasteiger charge is -1.72. The lowest BCUT2D eigenvalue weighted by molar-refractivity contribution is -0.116. The molecule has 1 nitrogen and oxygen atoms in total. The number of hydrogen-bond acceptors (Lipinski definition) is 1. The van der Waals surface area contributed by atoms with Gasteiger partial charge in [-0.1, -0.05) is 6.32 Å². The summed E-state index contributed by atoms with van der Waals surface area (Å²) >= 11 is 0. The van der Waals surface area contributed by atoms with Crippen LogP contribution in [-0.4, -0.2) is 13.1 Å². The van der Waals surface area contributed by atoms with E-state index in [9.17, 15) is 4.79 Å². The van der Waals surface area contributed by atoms with Gasteiger partial charge in [0.15, 0.2) is 0 Å². The van der Waals surface area contributed by atoms with E-state index in [0.717, 1.165) is 26.3 Å². The first kappa shape index (κ1) is 3.91. The minimum absolute atomic E-state index is 0.454. The van der Waals surface area contributed by atoms with E-state index < -0.39 is 0 Å². The summed E-state index contributed by atoms with van der Waals surface area (Å²) in [6, 6.07) is 0. The molecule has 0 saturated carbocycles. The van der Waals surface area contributed by atoms with Crippen molar-refractivity contribution in [2.24, 2.45) is 0 Å². The van der Waals surface area contributed by atoms with Gasteiger partial charge in [-0.15, -0.1) is 0 Å². The van der Waals surface area contributed by atoms with E-state index in [0.29, 0.717) is 5.78 Å². The molecular weight excluding hydrogens is 74.9 g/mol. The Balaban J connectivity index is 2.37. The fourth-order valence-electron chi connectivity index (χ4n) is 0.769. The second-order valence-corrected chi connectivity index (χ2v) is 1.75. The molecule has 1 heterocycles. The van der Waals surface area contributed by atoms with Crippen LogP contribution in [-0.2, 0) is 4.79 Å². The molecule has 0 bridgehead atoms. The lowest BCUT2D eigenvalue weighted by Crippen LogP contribution is -1.83. The summed E-state index contributed by atoms with van der Waals surface area (Å²) in [5, 5.41) is 0. The van der Waals surface area contributed by atoms with Crippen molar-refractivity contribution >= 4 is 13.1 Å². The Morgan fingerprint density at radius 1 is 1.67 bits per heavy atom. The van der Waals surface area contributed by atoms with Gasteiger partial charge in [-0.05, 0) is 12.7 Å². The molecule has 0 atom stereocenters. The third kappa shape index (κ3) is 0.616. The number of hydrogen-bond donors (Lipinski definition) is 0. The predicted molar refractivity (Wildman–Crippen MR) is 26.4 cm³/mol. The molecule has 1 saturated heterocycles. The Bertz CT molecular complexity index is 61.9. The maximum atomic E-state index is 10.2. The Labute approximate surface area is 38.0 Å². The zero-order valence-corrected chi connectivity index (χ0v) is 3.74. The highest BCUT2D eigenvalue weighted by Gasteiger charge is 2.09. The summed E-state index contributed by atoms with van der Waals surface area (Å²) in [7, 11) is 1.14. The molecule has 0 radical (unpaired) electrons. The van der Waals surface area contributed by atoms with E-state index in [4.69, 9.17) is 0 Å². The normalized spacial score (nSPS) is 21.0. The van der Waals surface area contributed by atoms with Crippen molar-refractivity contribution in [2.75, 3.05) is 0 Å². The minimum atomic E-state index is 0.454. The average molecular weight is 81.9 g/mol. The van der Waals surface area contributed by atoms with Crippen LogP contribution in [0.4, 0.5) is 0 Å². The molecule has 2 heteroatoms. The van der Waals surface area contributed by atoms with Crippen LogP contribution < -0.4 is 0 Å². The second-order valence-electron chi connectivity index (χ2n) is 1.75. The topological polar surface area (TPSA) is 17.1 Å². The van der Waals surface area contributed by atoms with E-state index >= 15 is 0 Å². The van der Waals surface area contributed by atoms with Gasteiger partial charge in [0.25, 0.3) is 0 Å². The summed E-state index contributed by atoms with van der Waals surface area (Å²) in [6.07, 6.45) is 2.83. The van der Waals surface area contributed by atoms with Gasteiger partial charge in [0, 0.05) is 0 Å². The van der Waals surface area contributed by atoms with Crippen molar-refractivity contribution in [3.63, 3.8) is 0 Å². The molecule has 1 fully saturated rings. The van der Waals surface area contributed by atoms with E-state index in [1.807, 2.05) is 0 Å². The van der Waals surface area contributed by atoms with Crippen LogP contribution in [0.2, 0.25) is 12.6 Å². The Hall–Kier alpha value is -0.265. The van der Waals surface area contributed by atoms with Gasteiger partial charge in [0.05, 0.1) is 0 Å². The molecule has 32 valence electrons. The van der Waals surface area contributed by atoms with Gasteiger partial charge in [-0.2, -0.15) is 0 Å². The van der Waals surface area contributed by atoms with Crippen LogP contribution in [0.3, 0.4) is 0 Å². The molecule has 0 spiro atoms. The largest absolute Gasteiger partial charge is 0.301 e. The molecule has 0 aliphatic carbocycles. The van der Waals surface area contributed by atoms with E-state index in [-0.39, 0.29) is 0 Å². The van der Waals surface area contributed by atoms with Crippen LogP contribution in [0.1, 0.15) is 6.42 Å². The predicted octanol–water partition coefficient (Wildman–Crippen LogP) is 0.232. The molecule has 0 aromatic carbocycles. The molecule has 0 amide bonds. The monoisotopic (exact) mass is 82.1 g/mol. The standard InChI is InChI=1S/C4H7BO/c6-4-1-2-5-3-4/h5H,1-3H2. The van der Waals surface area contributed by atoms with Crippen molar-refractivity contribution < 1.29 is 4.79 Å². The number of ketones is 1. The zero-order valence-electron chi connectivity index (χ0n) is 3.74. The van der Waals surface area contributed by atoms with Crippen LogP contribution >= 0.6 is 0 Å². The van der Waals surface area contributed by atoms with Crippen LogP contribution in [0, 0.1) is 0 Å². The molecule has 1 aliphatic heterocycles. The van der Waals surface area contributed by atoms with Crippen LogP contribution in [0.15, 0.2) is 0 Å². The lowest BCUT2D eigenvalue weighted by atomic mass is 9.77. The summed E-state index contributed by atoms with van der Waals surface area (Å²) in [4.78, 5) is 10.2. The molecule has 1 rings (SSSR count). The van der Waals surface area contributed by atoms with Crippen LogP contribution in [0.5, 0.6) is 0 Å². The van der Waals surface area contributed by atoms with Crippen molar-refractivity contribution in [3.05, 3.63) is 0 Å². The molecule has 6 heavy (non-hydrogen) atoms. The van der Waals surface area contributed by atoms with Gasteiger partial charge in [0.1, 0.15) is 13.1 Å². The first-order valence-electron chi connectivity index (χ1n) is 2.41. The second kappa shape index (κ2) is 1.46. The maximum Gasteiger partial charge on any atom is 0.130 e. The average Bonchev–Trinajstić information content (AvgIpc) is 1.86. The fraction of sp³-hybridized carbons (Fsp3) is 0.750. The van der Waals surface area contributed by atoms with Gasteiger partial charge in [-0.25, -0.2) is 0 Å². The Morgan fingerprint density at radius 3 is 2.67 bits per heavy atom. The molecular formula is C4H7BO. The quantitative estimate of drug-likeness (QED) is 0.382. The van der Waals surface area contributed by atoms with Gasteiger partial charge >= 0.3 is 0 Å². The number of rotatable bonds is 0. The molecule has 0 aromatic heterocycles. The van der Waals surface area contributed by atoms with Crippen LogP contribution in [0.25, 0.3) is 0 Å². The highest BCUT2D eigenvalue weighted by molar-refractivity contribution is 6.45. The van der Waals surface area contributed by atoms with Crippen molar-refractivity contribution in [3.8, 4) is 0 Å². The Kier molecular flexibility index (Phi) is 0.949. The summed E-state index contributed by atoms with van der Waals surface area (Å²) in [5.41, 5.74) is 0. The number of Topliss-reactive ketones (excluding diaryl/α,β-unsaturated/α-hetero) is 1. The van der Waals surface area contributed by atoms with E-state index in [1.54, 1.807) is 0 Å². The third-order valence-corrected chi connectivity index (χ3v) is 1.16. The van der Waals surface area contributed by atoms with Crippen molar-refractivity contribution in [2.45, 2.75) is 19.1 Å². The molecule has 0 aromatic rings. The van der Waals surface area contributed by atoms with Crippen molar-refractivity contribution in [1.82, 2.24) is 0 Å². The minimum Gasteiger partial charge on any atom is -0.301 e. The first-order valence-corrected chi connectivity index (χ1v) is 2.41. The van der Waals surface area contributed by atoms with Gasteiger partial charge in [-0.3, -0.25) is 0 Å². The van der Waals surface area contributed by atoms with Gasteiger partial charge < -0.3 is 4.79 Å². The zero-order chi connectivity index (χ0) is 4.41. The first-order chi connectivity index (χ1) is 2.89. The Morgan fingerprint density at radius 2 is 2.50 bits per heavy atom. The smallest absolute Gasteiger partial charge is 0.130 e. The molecule has 0 N–H and O–H groups in total. The van der Waals surface area contributed by atoms with E-state index in [1.165, 1.54) is 0 Å². The highest BCUT2D eigenvalue weighted by Crippen LogP contribution is 2.05. The van der Waals surface area contributed by atoms with Crippen molar-refractivity contribution in [1.29, 1.82) is 0 Å². The third-order valence-electron chi connectivity index (χ3n) is 1.16. The van der Waals surface area contributed by atoms with Gasteiger partial charge in [0.2, 0.25) is 0 Å². The number of carbonyl (C=O) groups is 1. The SMILES string of the molecule is O=C1CBCC1. The maximum absolute atomic E-state index is 10.2. The number of carbonyl (C=O) groups excluding carboxylic acids is 1. The molecule has 0 unspecified atom stereocenters. The summed E-state index contributed by atoms with van der Waals surface area (Å²) in [5.74, 6) is 0.454. The summed E-state index contributed by atoms with van der Waals surface area (Å²) in [6.45, 7) is 0. The fourth-order valence-corrected chi connectivity index (χ4v) is 0.769. The molecule has 1 aliphatic rings.